The van der Waals surface area contributed by atoms with Crippen LogP contribution in [-0.2, 0) is 4.79 Å². The Hall–Kier alpha value is -0.890. The second-order valence-electron chi connectivity index (χ2n) is 3.52. The van der Waals surface area contributed by atoms with E-state index in [1.807, 2.05) is 18.2 Å². The molecule has 0 bridgehead atoms. The first kappa shape index (κ1) is 11.2. The zero-order valence-electron chi connectivity index (χ0n) is 9.12. The Morgan fingerprint density at radius 1 is 1.43 bits per heavy atom. The van der Waals surface area contributed by atoms with Crippen LogP contribution >= 0.6 is 0 Å². The van der Waals surface area contributed by atoms with Gasteiger partial charge >= 0.3 is 0 Å². The van der Waals surface area contributed by atoms with Gasteiger partial charge < -0.3 is 4.90 Å². The second-order valence-corrected chi connectivity index (χ2v) is 3.52. The van der Waals surface area contributed by atoms with Gasteiger partial charge in [0, 0.05) is 13.0 Å². The number of ketones is 1. The minimum atomic E-state index is 0.307. The van der Waals surface area contributed by atoms with Gasteiger partial charge in [-0.15, -0.1) is 0 Å². The lowest BCUT2D eigenvalue weighted by Crippen LogP contribution is -2.26. The van der Waals surface area contributed by atoms with Gasteiger partial charge in [0.05, 0.1) is 0 Å². The summed E-state index contributed by atoms with van der Waals surface area (Å²) >= 11 is 0. The average Bonchev–Trinajstić information content (AvgIpc) is 2.72. The van der Waals surface area contributed by atoms with Crippen molar-refractivity contribution in [3.05, 3.63) is 23.8 Å². The highest BCUT2D eigenvalue weighted by Gasteiger charge is 2.11. The topological polar surface area (TPSA) is 20.3 Å². The van der Waals surface area contributed by atoms with Crippen LogP contribution < -0.4 is 0 Å². The van der Waals surface area contributed by atoms with Crippen molar-refractivity contribution in [1.82, 2.24) is 4.90 Å². The third-order valence-electron chi connectivity index (χ3n) is 2.68. The molecule has 0 unspecified atom stereocenters. The highest BCUT2D eigenvalue weighted by molar-refractivity contribution is 5.96. The Morgan fingerprint density at radius 3 is 2.64 bits per heavy atom. The molecule has 0 amide bonds. The molecular weight excluding hydrogens is 174 g/mol. The third kappa shape index (κ3) is 3.11. The summed E-state index contributed by atoms with van der Waals surface area (Å²) in [4.78, 5) is 13.9. The summed E-state index contributed by atoms with van der Waals surface area (Å²) in [5, 5.41) is 0. The summed E-state index contributed by atoms with van der Waals surface area (Å²) in [5.41, 5.74) is 0.970. The van der Waals surface area contributed by atoms with Crippen LogP contribution in [0.1, 0.15) is 26.7 Å². The fourth-order valence-corrected chi connectivity index (χ4v) is 1.61. The fourth-order valence-electron chi connectivity index (χ4n) is 1.61. The third-order valence-corrected chi connectivity index (χ3v) is 2.68. The maximum absolute atomic E-state index is 11.6. The van der Waals surface area contributed by atoms with E-state index in [9.17, 15) is 4.79 Å². The molecule has 0 spiro atoms. The number of Topliss-reactive ketones (excluding diaryl/α,β-unsaturated/α-hetero) is 1. The largest absolute Gasteiger partial charge is 0.303 e. The second kappa shape index (κ2) is 5.76. The van der Waals surface area contributed by atoms with Gasteiger partial charge in [0.2, 0.25) is 0 Å². The molecule has 0 atom stereocenters. The molecule has 0 aromatic carbocycles. The van der Waals surface area contributed by atoms with Crippen molar-refractivity contribution < 1.29 is 4.79 Å². The van der Waals surface area contributed by atoms with Gasteiger partial charge in [-0.1, -0.05) is 32.1 Å². The van der Waals surface area contributed by atoms with Gasteiger partial charge in [0.15, 0.2) is 5.78 Å². The molecule has 0 fully saturated rings. The molecule has 14 heavy (non-hydrogen) atoms. The summed E-state index contributed by atoms with van der Waals surface area (Å²) in [6, 6.07) is 0. The van der Waals surface area contributed by atoms with E-state index in [0.29, 0.717) is 12.2 Å². The van der Waals surface area contributed by atoms with E-state index in [1.165, 1.54) is 0 Å². The molecule has 78 valence electrons. The molecule has 1 rings (SSSR count). The van der Waals surface area contributed by atoms with Crippen LogP contribution in [0.5, 0.6) is 0 Å². The number of carbonyl (C=O) groups is 1. The molecule has 0 saturated heterocycles. The molecule has 0 aliphatic heterocycles. The van der Waals surface area contributed by atoms with Crippen molar-refractivity contribution >= 4 is 5.78 Å². The van der Waals surface area contributed by atoms with E-state index in [1.54, 1.807) is 0 Å². The quantitative estimate of drug-likeness (QED) is 0.644. The molecule has 0 N–H and O–H groups in total. The van der Waals surface area contributed by atoms with Crippen molar-refractivity contribution in [3.63, 3.8) is 0 Å². The average molecular weight is 193 g/mol. The zero-order valence-corrected chi connectivity index (χ0v) is 9.12. The smallest absolute Gasteiger partial charge is 0.160 e. The van der Waals surface area contributed by atoms with E-state index in [4.69, 9.17) is 0 Å². The maximum atomic E-state index is 11.6. The summed E-state index contributed by atoms with van der Waals surface area (Å²) in [6.45, 7) is 7.21. The number of hydrogen-bond acceptors (Lipinski definition) is 2. The lowest BCUT2D eigenvalue weighted by molar-refractivity contribution is -0.115. The highest BCUT2D eigenvalue weighted by Crippen LogP contribution is 2.13. The number of allylic oxidation sites excluding steroid dienone is 4. The van der Waals surface area contributed by atoms with Crippen LogP contribution in [0, 0.1) is 0 Å². The van der Waals surface area contributed by atoms with Crippen LogP contribution in [0.4, 0.5) is 0 Å². The molecule has 1 aliphatic carbocycles. The Bertz CT molecular complexity index is 249. The molecule has 2 heteroatoms. The van der Waals surface area contributed by atoms with E-state index in [-0.39, 0.29) is 0 Å². The van der Waals surface area contributed by atoms with E-state index < -0.39 is 0 Å². The molecule has 0 heterocycles. The van der Waals surface area contributed by atoms with Crippen molar-refractivity contribution in [3.8, 4) is 0 Å². The SMILES string of the molecule is CCN(CC)CCC(=O)C1=CC=CC1. The lowest BCUT2D eigenvalue weighted by Gasteiger charge is -2.17. The van der Waals surface area contributed by atoms with Crippen LogP contribution in [0.2, 0.25) is 0 Å². The van der Waals surface area contributed by atoms with E-state index in [2.05, 4.69) is 18.7 Å². The molecule has 0 aromatic rings. The molecule has 0 aromatic heterocycles. The predicted octanol–water partition coefficient (Wildman–Crippen LogP) is 2.17. The van der Waals surface area contributed by atoms with Crippen LogP contribution in [-0.4, -0.2) is 30.3 Å². The monoisotopic (exact) mass is 193 g/mol. The van der Waals surface area contributed by atoms with Crippen molar-refractivity contribution in [1.29, 1.82) is 0 Å². The number of hydrogen-bond donors (Lipinski definition) is 0. The zero-order chi connectivity index (χ0) is 10.4. The highest BCUT2D eigenvalue weighted by atomic mass is 16.1. The van der Waals surface area contributed by atoms with Crippen molar-refractivity contribution in [2.45, 2.75) is 26.7 Å². The summed E-state index contributed by atoms with van der Waals surface area (Å²) in [7, 11) is 0. The van der Waals surface area contributed by atoms with Crippen LogP contribution in [0.3, 0.4) is 0 Å². The van der Waals surface area contributed by atoms with Gasteiger partial charge in [-0.05, 0) is 25.1 Å². The normalized spacial score (nSPS) is 14.9. The van der Waals surface area contributed by atoms with Crippen molar-refractivity contribution in [2.75, 3.05) is 19.6 Å². The lowest BCUT2D eigenvalue weighted by atomic mass is 10.1. The first-order valence-electron chi connectivity index (χ1n) is 5.39. The Kier molecular flexibility index (Phi) is 4.60. The first-order chi connectivity index (χ1) is 6.77. The molecule has 2 nitrogen and oxygen atoms in total. The van der Waals surface area contributed by atoms with E-state index in [0.717, 1.165) is 31.6 Å². The molecule has 0 radical (unpaired) electrons. The fraction of sp³-hybridized carbons (Fsp3) is 0.583. The Labute approximate surface area is 86.3 Å². The minimum Gasteiger partial charge on any atom is -0.303 e. The number of rotatable bonds is 6. The van der Waals surface area contributed by atoms with Crippen LogP contribution in [0.15, 0.2) is 23.8 Å². The number of nitrogens with zero attached hydrogens (tertiary/aromatic N) is 1. The van der Waals surface area contributed by atoms with Gasteiger partial charge in [0.25, 0.3) is 0 Å². The summed E-state index contributed by atoms with van der Waals surface area (Å²) in [6.07, 6.45) is 7.42. The first-order valence-corrected chi connectivity index (χ1v) is 5.39. The Balaban J connectivity index is 2.27. The standard InChI is InChI=1S/C12H19NO/c1-3-13(4-2)10-9-12(14)11-7-5-6-8-11/h5-7H,3-4,8-10H2,1-2H3. The maximum Gasteiger partial charge on any atom is 0.160 e. The van der Waals surface area contributed by atoms with Gasteiger partial charge in [-0.2, -0.15) is 0 Å². The van der Waals surface area contributed by atoms with E-state index >= 15 is 0 Å². The molecular formula is C12H19NO. The van der Waals surface area contributed by atoms with Crippen molar-refractivity contribution in [2.24, 2.45) is 0 Å². The molecule has 0 saturated carbocycles. The minimum absolute atomic E-state index is 0.307. The van der Waals surface area contributed by atoms with Crippen LogP contribution in [0.25, 0.3) is 0 Å². The number of carbonyl (C=O) groups excluding carboxylic acids is 1. The summed E-state index contributed by atoms with van der Waals surface area (Å²) < 4.78 is 0. The van der Waals surface area contributed by atoms with Gasteiger partial charge in [-0.25, -0.2) is 0 Å². The summed E-state index contributed by atoms with van der Waals surface area (Å²) in [5.74, 6) is 0.307. The predicted molar refractivity (Wildman–Crippen MR) is 59.3 cm³/mol. The van der Waals surface area contributed by atoms with Gasteiger partial charge in [-0.3, -0.25) is 4.79 Å². The van der Waals surface area contributed by atoms with Gasteiger partial charge in [0.1, 0.15) is 0 Å². The Morgan fingerprint density at radius 2 is 2.14 bits per heavy atom. The molecule has 1 aliphatic rings.